The van der Waals surface area contributed by atoms with Gasteiger partial charge in [-0.05, 0) is 19.8 Å². The van der Waals surface area contributed by atoms with Crippen molar-refractivity contribution in [1.29, 1.82) is 0 Å². The molecular weight excluding hydrogens is 262 g/mol. The van der Waals surface area contributed by atoms with Crippen molar-refractivity contribution < 1.29 is 27.9 Å². The van der Waals surface area contributed by atoms with Crippen LogP contribution in [0.3, 0.4) is 0 Å². The lowest BCUT2D eigenvalue weighted by Crippen LogP contribution is -2.40. The summed E-state index contributed by atoms with van der Waals surface area (Å²) >= 11 is 0. The summed E-state index contributed by atoms with van der Waals surface area (Å²) < 4.78 is 29.6. The van der Waals surface area contributed by atoms with Crippen LogP contribution in [-0.4, -0.2) is 54.7 Å². The number of sulfonamides is 1. The molecule has 0 bridgehead atoms. The van der Waals surface area contributed by atoms with Gasteiger partial charge in [-0.3, -0.25) is 9.59 Å². The number of esters is 1. The van der Waals surface area contributed by atoms with Gasteiger partial charge in [0.05, 0.1) is 13.0 Å². The Morgan fingerprint density at radius 3 is 2.67 bits per heavy atom. The number of carboxylic acid groups (broad SMARTS) is 1. The molecule has 1 unspecified atom stereocenters. The Bertz CT molecular complexity index is 418. The first kappa shape index (κ1) is 14.9. The van der Waals surface area contributed by atoms with Crippen molar-refractivity contribution in [1.82, 2.24) is 4.31 Å². The van der Waals surface area contributed by atoms with Crippen LogP contribution in [0.15, 0.2) is 0 Å². The molecule has 0 aromatic rings. The summed E-state index contributed by atoms with van der Waals surface area (Å²) in [5.41, 5.74) is 0. The average molecular weight is 279 g/mol. The Hall–Kier alpha value is -1.15. The Morgan fingerprint density at radius 2 is 2.11 bits per heavy atom. The van der Waals surface area contributed by atoms with Crippen molar-refractivity contribution in [3.05, 3.63) is 0 Å². The quantitative estimate of drug-likeness (QED) is 0.677. The van der Waals surface area contributed by atoms with Gasteiger partial charge < -0.3 is 9.84 Å². The smallest absolute Gasteiger partial charge is 0.322 e. The molecule has 1 atom stereocenters. The maximum atomic E-state index is 11.9. The van der Waals surface area contributed by atoms with E-state index in [0.717, 1.165) is 4.31 Å². The number of carbonyl (C=O) groups excluding carboxylic acids is 1. The van der Waals surface area contributed by atoms with Gasteiger partial charge in [0.15, 0.2) is 5.75 Å². The van der Waals surface area contributed by atoms with Crippen molar-refractivity contribution in [3.8, 4) is 0 Å². The molecule has 1 fully saturated rings. The molecule has 7 nitrogen and oxygen atoms in total. The van der Waals surface area contributed by atoms with Crippen LogP contribution in [0.1, 0.15) is 26.2 Å². The van der Waals surface area contributed by atoms with Crippen LogP contribution in [0, 0.1) is 0 Å². The van der Waals surface area contributed by atoms with Crippen molar-refractivity contribution >= 4 is 22.0 Å². The molecule has 0 aromatic heterocycles. The Labute approximate surface area is 106 Å². The number of rotatable bonds is 6. The van der Waals surface area contributed by atoms with Gasteiger partial charge in [-0.15, -0.1) is 0 Å². The predicted molar refractivity (Wildman–Crippen MR) is 62.4 cm³/mol. The Balaban J connectivity index is 2.71. The highest BCUT2D eigenvalue weighted by atomic mass is 32.2. The predicted octanol–water partition coefficient (Wildman–Crippen LogP) is -0.182. The minimum Gasteiger partial charge on any atom is -0.481 e. The van der Waals surface area contributed by atoms with Gasteiger partial charge in [-0.1, -0.05) is 0 Å². The van der Waals surface area contributed by atoms with Gasteiger partial charge in [0, 0.05) is 12.6 Å². The van der Waals surface area contributed by atoms with Gasteiger partial charge in [0.2, 0.25) is 10.0 Å². The zero-order valence-corrected chi connectivity index (χ0v) is 11.0. The molecule has 1 saturated heterocycles. The number of carboxylic acids is 1. The molecule has 1 aliphatic heterocycles. The molecule has 0 aromatic carbocycles. The summed E-state index contributed by atoms with van der Waals surface area (Å²) in [6, 6.07) is -0.554. The summed E-state index contributed by atoms with van der Waals surface area (Å²) in [4.78, 5) is 21.8. The van der Waals surface area contributed by atoms with Crippen molar-refractivity contribution in [3.63, 3.8) is 0 Å². The fourth-order valence-electron chi connectivity index (χ4n) is 2.02. The first-order valence-electron chi connectivity index (χ1n) is 5.73. The van der Waals surface area contributed by atoms with Crippen LogP contribution in [0.5, 0.6) is 0 Å². The van der Waals surface area contributed by atoms with Crippen LogP contribution in [0.4, 0.5) is 0 Å². The largest absolute Gasteiger partial charge is 0.481 e. The molecule has 0 radical (unpaired) electrons. The summed E-state index contributed by atoms with van der Waals surface area (Å²) in [6.07, 6.45) is 0.885. The lowest BCUT2D eigenvalue weighted by Gasteiger charge is -2.22. The fourth-order valence-corrected chi connectivity index (χ4v) is 3.60. The summed E-state index contributed by atoms with van der Waals surface area (Å²) in [5.74, 6) is -2.58. The SMILES string of the molecule is CCOC(=O)CS(=O)(=O)N1CCCC1CC(=O)O. The average Bonchev–Trinajstić information content (AvgIpc) is 2.64. The second kappa shape index (κ2) is 6.14. The highest BCUT2D eigenvalue weighted by Crippen LogP contribution is 2.23. The lowest BCUT2D eigenvalue weighted by atomic mass is 10.2. The van der Waals surface area contributed by atoms with Gasteiger partial charge >= 0.3 is 11.9 Å². The fraction of sp³-hybridized carbons (Fsp3) is 0.800. The summed E-state index contributed by atoms with van der Waals surface area (Å²) in [6.45, 7) is 1.97. The molecule has 0 saturated carbocycles. The molecule has 8 heteroatoms. The second-order valence-electron chi connectivity index (χ2n) is 4.07. The normalized spacial score (nSPS) is 20.8. The second-order valence-corrected chi connectivity index (χ2v) is 5.99. The number of aliphatic carboxylic acids is 1. The van der Waals surface area contributed by atoms with Crippen LogP contribution in [0.25, 0.3) is 0 Å². The standard InChI is InChI=1S/C10H17NO6S/c1-2-17-10(14)7-18(15,16)11-5-3-4-8(11)6-9(12)13/h8H,2-7H2,1H3,(H,12,13). The van der Waals surface area contributed by atoms with Crippen molar-refractivity contribution in [2.45, 2.75) is 32.2 Å². The van der Waals surface area contributed by atoms with Crippen molar-refractivity contribution in [2.24, 2.45) is 0 Å². The number of hydrogen-bond acceptors (Lipinski definition) is 5. The molecule has 18 heavy (non-hydrogen) atoms. The molecule has 1 rings (SSSR count). The maximum Gasteiger partial charge on any atom is 0.322 e. The lowest BCUT2D eigenvalue weighted by molar-refractivity contribution is -0.140. The van der Waals surface area contributed by atoms with E-state index in [1.54, 1.807) is 6.92 Å². The highest BCUT2D eigenvalue weighted by Gasteiger charge is 2.36. The first-order chi connectivity index (χ1) is 8.36. The third-order valence-corrected chi connectivity index (χ3v) is 4.49. The molecule has 0 spiro atoms. The zero-order valence-electron chi connectivity index (χ0n) is 10.2. The van der Waals surface area contributed by atoms with Crippen LogP contribution in [0.2, 0.25) is 0 Å². The first-order valence-corrected chi connectivity index (χ1v) is 7.34. The van der Waals surface area contributed by atoms with Crippen molar-refractivity contribution in [2.75, 3.05) is 18.9 Å². The molecule has 1 N–H and O–H groups in total. The van der Waals surface area contributed by atoms with Crippen LogP contribution in [-0.2, 0) is 24.3 Å². The third kappa shape index (κ3) is 3.95. The summed E-state index contributed by atoms with van der Waals surface area (Å²) in [5, 5.41) is 8.71. The number of nitrogens with zero attached hydrogens (tertiary/aromatic N) is 1. The monoisotopic (exact) mass is 279 g/mol. The number of ether oxygens (including phenoxy) is 1. The van der Waals surface area contributed by atoms with E-state index in [1.165, 1.54) is 0 Å². The van der Waals surface area contributed by atoms with E-state index in [1.807, 2.05) is 0 Å². The minimum absolute atomic E-state index is 0.118. The van der Waals surface area contributed by atoms with Gasteiger partial charge in [0.1, 0.15) is 0 Å². The third-order valence-electron chi connectivity index (χ3n) is 2.70. The van der Waals surface area contributed by atoms with E-state index in [2.05, 4.69) is 4.74 Å². The highest BCUT2D eigenvalue weighted by molar-refractivity contribution is 7.89. The zero-order chi connectivity index (χ0) is 13.8. The topological polar surface area (TPSA) is 101 Å². The summed E-state index contributed by atoms with van der Waals surface area (Å²) in [7, 11) is -3.78. The number of carbonyl (C=O) groups is 2. The van der Waals surface area contributed by atoms with Crippen LogP contribution < -0.4 is 0 Å². The van der Waals surface area contributed by atoms with E-state index < -0.39 is 33.8 Å². The Kier molecular flexibility index (Phi) is 5.09. The van der Waals surface area contributed by atoms with E-state index in [9.17, 15) is 18.0 Å². The molecule has 1 aliphatic rings. The minimum atomic E-state index is -3.78. The van der Waals surface area contributed by atoms with E-state index >= 15 is 0 Å². The molecule has 0 amide bonds. The van der Waals surface area contributed by atoms with Gasteiger partial charge in [-0.2, -0.15) is 4.31 Å². The number of hydrogen-bond donors (Lipinski definition) is 1. The Morgan fingerprint density at radius 1 is 1.44 bits per heavy atom. The molecular formula is C10H17NO6S. The van der Waals surface area contributed by atoms with E-state index in [0.29, 0.717) is 12.8 Å². The molecule has 0 aliphatic carbocycles. The van der Waals surface area contributed by atoms with Gasteiger partial charge in [-0.25, -0.2) is 8.42 Å². The maximum absolute atomic E-state index is 11.9. The van der Waals surface area contributed by atoms with E-state index in [4.69, 9.17) is 5.11 Å². The van der Waals surface area contributed by atoms with E-state index in [-0.39, 0.29) is 19.6 Å². The molecule has 1 heterocycles. The van der Waals surface area contributed by atoms with Gasteiger partial charge in [0.25, 0.3) is 0 Å². The molecule has 104 valence electrons. The van der Waals surface area contributed by atoms with Crippen LogP contribution >= 0.6 is 0 Å².